The van der Waals surface area contributed by atoms with Gasteiger partial charge in [0, 0.05) is 18.8 Å². The summed E-state index contributed by atoms with van der Waals surface area (Å²) in [5.74, 6) is -0.819. The molecule has 1 rings (SSSR count). The number of rotatable bonds is 5. The summed E-state index contributed by atoms with van der Waals surface area (Å²) >= 11 is 0. The van der Waals surface area contributed by atoms with Crippen LogP contribution >= 0.6 is 0 Å². The second-order valence-corrected chi connectivity index (χ2v) is 6.14. The van der Waals surface area contributed by atoms with Crippen LogP contribution in [0, 0.1) is 0 Å². The van der Waals surface area contributed by atoms with Gasteiger partial charge in [0.1, 0.15) is 5.75 Å². The Bertz CT molecular complexity index is 307. The molecule has 15 heavy (non-hydrogen) atoms. The minimum atomic E-state index is -3.20. The van der Waals surface area contributed by atoms with Crippen LogP contribution in [-0.4, -0.2) is 45.5 Å². The molecule has 0 aliphatic carbocycles. The van der Waals surface area contributed by atoms with E-state index in [9.17, 15) is 13.2 Å². The fraction of sp³-hybridized carbons (Fsp3) is 0.889. The Balaban J connectivity index is 2.11. The number of hydrogen-bond donors (Lipinski definition) is 2. The Morgan fingerprint density at radius 3 is 2.80 bits per heavy atom. The zero-order chi connectivity index (χ0) is 11.3. The summed E-state index contributed by atoms with van der Waals surface area (Å²) in [5.41, 5.74) is 0. The molecule has 0 aromatic rings. The molecule has 88 valence electrons. The molecule has 6 heteroatoms. The number of carbonyl (C=O) groups is 1. The third kappa shape index (κ3) is 5.74. The Morgan fingerprint density at radius 2 is 2.27 bits per heavy atom. The first kappa shape index (κ1) is 12.4. The molecule has 0 spiro atoms. The molecule has 0 unspecified atom stereocenters. The van der Waals surface area contributed by atoms with Crippen molar-refractivity contribution in [1.29, 1.82) is 0 Å². The van der Waals surface area contributed by atoms with Crippen molar-refractivity contribution in [3.8, 4) is 0 Å². The van der Waals surface area contributed by atoms with Crippen LogP contribution in [-0.2, 0) is 14.6 Å². The maximum Gasteiger partial charge on any atom is 0.235 e. The highest BCUT2D eigenvalue weighted by atomic mass is 32.2. The lowest BCUT2D eigenvalue weighted by Gasteiger charge is -2.10. The Morgan fingerprint density at radius 1 is 1.53 bits per heavy atom. The second-order valence-electron chi connectivity index (χ2n) is 4.00. The number of nitrogens with one attached hydrogen (secondary N) is 2. The molecule has 1 atom stereocenters. The summed E-state index contributed by atoms with van der Waals surface area (Å²) in [6, 6.07) is 0.475. The molecule has 0 radical (unpaired) electrons. The second kappa shape index (κ2) is 5.46. The van der Waals surface area contributed by atoms with Crippen molar-refractivity contribution in [2.75, 3.05) is 25.1 Å². The van der Waals surface area contributed by atoms with Gasteiger partial charge in [-0.2, -0.15) is 0 Å². The molecule has 1 aliphatic rings. The summed E-state index contributed by atoms with van der Waals surface area (Å²) in [6.45, 7) is 1.59. The summed E-state index contributed by atoms with van der Waals surface area (Å²) < 4.78 is 21.6. The molecule has 0 aromatic carbocycles. The number of sulfone groups is 1. The quantitative estimate of drug-likeness (QED) is 0.659. The Kier molecular flexibility index (Phi) is 4.53. The van der Waals surface area contributed by atoms with E-state index >= 15 is 0 Å². The highest BCUT2D eigenvalue weighted by Gasteiger charge is 2.14. The molecule has 1 heterocycles. The summed E-state index contributed by atoms with van der Waals surface area (Å²) in [5, 5.41) is 5.92. The van der Waals surface area contributed by atoms with E-state index in [1.54, 1.807) is 0 Å². The van der Waals surface area contributed by atoms with E-state index in [1.165, 1.54) is 6.42 Å². The molecule has 5 nitrogen and oxygen atoms in total. The van der Waals surface area contributed by atoms with Crippen LogP contribution in [0.1, 0.15) is 19.3 Å². The van der Waals surface area contributed by atoms with Crippen LogP contribution in [0.2, 0.25) is 0 Å². The predicted molar refractivity (Wildman–Crippen MR) is 58.4 cm³/mol. The molecular formula is C9H18N2O3S. The van der Waals surface area contributed by atoms with Gasteiger partial charge in [-0.25, -0.2) is 8.42 Å². The summed E-state index contributed by atoms with van der Waals surface area (Å²) in [4.78, 5) is 11.1. The van der Waals surface area contributed by atoms with E-state index in [0.29, 0.717) is 12.6 Å². The molecule has 0 aromatic heterocycles. The van der Waals surface area contributed by atoms with E-state index in [-0.39, 0.29) is 0 Å². The summed E-state index contributed by atoms with van der Waals surface area (Å²) in [7, 11) is -3.20. The van der Waals surface area contributed by atoms with Crippen molar-refractivity contribution in [2.24, 2.45) is 0 Å². The van der Waals surface area contributed by atoms with E-state index < -0.39 is 21.5 Å². The van der Waals surface area contributed by atoms with Gasteiger partial charge in [-0.3, -0.25) is 4.79 Å². The van der Waals surface area contributed by atoms with Crippen LogP contribution < -0.4 is 10.6 Å². The third-order valence-corrected chi connectivity index (χ3v) is 3.16. The Hall–Kier alpha value is -0.620. The van der Waals surface area contributed by atoms with Gasteiger partial charge in [-0.1, -0.05) is 0 Å². The van der Waals surface area contributed by atoms with E-state index in [4.69, 9.17) is 0 Å². The van der Waals surface area contributed by atoms with Crippen LogP contribution in [0.4, 0.5) is 0 Å². The van der Waals surface area contributed by atoms with Crippen LogP contribution in [0.25, 0.3) is 0 Å². The number of carbonyl (C=O) groups excluding carboxylic acids is 1. The van der Waals surface area contributed by atoms with E-state index in [0.717, 1.165) is 25.6 Å². The average Bonchev–Trinajstić information content (AvgIpc) is 2.53. The molecule has 1 aliphatic heterocycles. The normalized spacial score (nSPS) is 21.5. The monoisotopic (exact) mass is 234 g/mol. The SMILES string of the molecule is CS(=O)(=O)CC(=O)NCC[C@@H]1CCCN1. The van der Waals surface area contributed by atoms with Gasteiger partial charge in [0.2, 0.25) is 5.91 Å². The lowest BCUT2D eigenvalue weighted by Crippen LogP contribution is -2.33. The minimum Gasteiger partial charge on any atom is -0.355 e. The zero-order valence-electron chi connectivity index (χ0n) is 8.95. The molecule has 0 saturated carbocycles. The molecule has 1 fully saturated rings. The topological polar surface area (TPSA) is 75.3 Å². The number of hydrogen-bond acceptors (Lipinski definition) is 4. The first-order chi connectivity index (χ1) is 6.97. The molecule has 1 saturated heterocycles. The minimum absolute atomic E-state index is 0.407. The lowest BCUT2D eigenvalue weighted by molar-refractivity contribution is -0.118. The molecule has 2 N–H and O–H groups in total. The van der Waals surface area contributed by atoms with Gasteiger partial charge >= 0.3 is 0 Å². The highest BCUT2D eigenvalue weighted by molar-refractivity contribution is 7.91. The zero-order valence-corrected chi connectivity index (χ0v) is 9.77. The fourth-order valence-electron chi connectivity index (χ4n) is 1.68. The first-order valence-electron chi connectivity index (χ1n) is 5.15. The lowest BCUT2D eigenvalue weighted by atomic mass is 10.1. The van der Waals surface area contributed by atoms with Crippen molar-refractivity contribution in [3.63, 3.8) is 0 Å². The van der Waals surface area contributed by atoms with E-state index in [1.807, 2.05) is 0 Å². The van der Waals surface area contributed by atoms with Crippen LogP contribution in [0.15, 0.2) is 0 Å². The van der Waals surface area contributed by atoms with Crippen molar-refractivity contribution < 1.29 is 13.2 Å². The largest absolute Gasteiger partial charge is 0.355 e. The maximum absolute atomic E-state index is 11.1. The molecule has 1 amide bonds. The maximum atomic E-state index is 11.1. The predicted octanol–water partition coefficient (Wildman–Crippen LogP) is -0.711. The standard InChI is InChI=1S/C9H18N2O3S/c1-15(13,14)7-9(12)11-6-4-8-3-2-5-10-8/h8,10H,2-7H2,1H3,(H,11,12)/t8-/m0/s1. The van der Waals surface area contributed by atoms with Crippen molar-refractivity contribution in [2.45, 2.75) is 25.3 Å². The van der Waals surface area contributed by atoms with Gasteiger partial charge in [0.25, 0.3) is 0 Å². The highest BCUT2D eigenvalue weighted by Crippen LogP contribution is 2.07. The van der Waals surface area contributed by atoms with Crippen molar-refractivity contribution in [3.05, 3.63) is 0 Å². The van der Waals surface area contributed by atoms with Gasteiger partial charge in [-0.05, 0) is 25.8 Å². The first-order valence-corrected chi connectivity index (χ1v) is 7.21. The Labute approximate surface area is 90.5 Å². The summed E-state index contributed by atoms with van der Waals surface area (Å²) in [6.07, 6.45) is 4.25. The van der Waals surface area contributed by atoms with Gasteiger partial charge in [0.15, 0.2) is 9.84 Å². The molecular weight excluding hydrogens is 216 g/mol. The smallest absolute Gasteiger partial charge is 0.235 e. The number of amides is 1. The van der Waals surface area contributed by atoms with Crippen LogP contribution in [0.5, 0.6) is 0 Å². The fourth-order valence-corrected chi connectivity index (χ4v) is 2.26. The van der Waals surface area contributed by atoms with Crippen molar-refractivity contribution >= 4 is 15.7 Å². The van der Waals surface area contributed by atoms with Gasteiger partial charge in [-0.15, -0.1) is 0 Å². The van der Waals surface area contributed by atoms with Gasteiger partial charge in [0.05, 0.1) is 0 Å². The third-order valence-electron chi connectivity index (χ3n) is 2.37. The van der Waals surface area contributed by atoms with Gasteiger partial charge < -0.3 is 10.6 Å². The van der Waals surface area contributed by atoms with Crippen molar-refractivity contribution in [1.82, 2.24) is 10.6 Å². The average molecular weight is 234 g/mol. The molecule has 0 bridgehead atoms. The van der Waals surface area contributed by atoms with E-state index in [2.05, 4.69) is 10.6 Å². The van der Waals surface area contributed by atoms with Crippen LogP contribution in [0.3, 0.4) is 0 Å².